The van der Waals surface area contributed by atoms with Gasteiger partial charge in [0, 0.05) is 5.69 Å². The number of carbonyl (C=O) groups excluding carboxylic acids is 2. The molecule has 26 heavy (non-hydrogen) atoms. The van der Waals surface area contributed by atoms with E-state index in [0.29, 0.717) is 11.4 Å². The van der Waals surface area contributed by atoms with Crippen LogP contribution in [0.15, 0.2) is 48.5 Å². The van der Waals surface area contributed by atoms with Crippen LogP contribution in [0.25, 0.3) is 0 Å². The fourth-order valence-corrected chi connectivity index (χ4v) is 3.74. The first-order chi connectivity index (χ1) is 12.4. The lowest BCUT2D eigenvalue weighted by Crippen LogP contribution is -2.44. The first kappa shape index (κ1) is 18.0. The van der Waals surface area contributed by atoms with Crippen molar-refractivity contribution >= 4 is 40.3 Å². The highest BCUT2D eigenvalue weighted by atomic mass is 32.2. The lowest BCUT2D eigenvalue weighted by atomic mass is 10.2. The molecule has 3 rings (SSSR count). The molecular formula is C19H18N2O4S. The van der Waals surface area contributed by atoms with E-state index in [1.807, 2.05) is 38.1 Å². The van der Waals surface area contributed by atoms with Gasteiger partial charge in [-0.05, 0) is 49.9 Å². The Bertz CT molecular complexity index is 849. The maximum absolute atomic E-state index is 12.9. The Hall–Kier alpha value is -2.80. The van der Waals surface area contributed by atoms with E-state index >= 15 is 0 Å². The highest BCUT2D eigenvalue weighted by Crippen LogP contribution is 2.35. The van der Waals surface area contributed by atoms with Gasteiger partial charge in [0.25, 0.3) is 11.1 Å². The predicted octanol–water partition coefficient (Wildman–Crippen LogP) is 3.42. The molecule has 1 aliphatic heterocycles. The van der Waals surface area contributed by atoms with E-state index in [2.05, 4.69) is 0 Å². The number of benzene rings is 2. The van der Waals surface area contributed by atoms with Crippen LogP contribution in [0.2, 0.25) is 0 Å². The molecule has 2 amide bonds. The van der Waals surface area contributed by atoms with Gasteiger partial charge in [0.15, 0.2) is 5.37 Å². The van der Waals surface area contributed by atoms with Crippen molar-refractivity contribution in [2.24, 2.45) is 0 Å². The number of hydrogen-bond acceptors (Lipinski definition) is 5. The van der Waals surface area contributed by atoms with Crippen LogP contribution in [-0.2, 0) is 9.59 Å². The molecule has 6 nitrogen and oxygen atoms in total. The van der Waals surface area contributed by atoms with Gasteiger partial charge in [0.05, 0.1) is 5.69 Å². The topological polar surface area (TPSA) is 77.9 Å². The normalized spacial score (nSPS) is 16.8. The van der Waals surface area contributed by atoms with Gasteiger partial charge in [-0.3, -0.25) is 14.4 Å². The van der Waals surface area contributed by atoms with E-state index < -0.39 is 22.5 Å². The number of anilines is 2. The van der Waals surface area contributed by atoms with Crippen LogP contribution in [0.4, 0.5) is 16.2 Å². The molecule has 0 radical (unpaired) electrons. The molecule has 7 heteroatoms. The molecule has 2 aromatic rings. The Kier molecular flexibility index (Phi) is 4.99. The highest BCUT2D eigenvalue weighted by Gasteiger charge is 2.44. The van der Waals surface area contributed by atoms with Crippen molar-refractivity contribution in [3.05, 3.63) is 59.7 Å². The molecule has 2 aromatic carbocycles. The standard InChI is InChI=1S/C19H18N2O4S/c1-12-3-7-14(8-4-12)20(11-16(22)23)18-17(24)21(19(25)26-18)15-9-5-13(2)6-10-15/h3-10,18H,11H2,1-2H3,(H,22,23)/t18-/m0/s1. The van der Waals surface area contributed by atoms with Crippen LogP contribution in [-0.4, -0.2) is 34.1 Å². The van der Waals surface area contributed by atoms with Gasteiger partial charge in [0.1, 0.15) is 6.54 Å². The van der Waals surface area contributed by atoms with Crippen molar-refractivity contribution in [2.75, 3.05) is 16.3 Å². The third-order valence-electron chi connectivity index (χ3n) is 4.07. The summed E-state index contributed by atoms with van der Waals surface area (Å²) in [7, 11) is 0. The Balaban J connectivity index is 1.93. The van der Waals surface area contributed by atoms with Gasteiger partial charge >= 0.3 is 5.97 Å². The number of carboxylic acid groups (broad SMARTS) is 1. The predicted molar refractivity (Wildman–Crippen MR) is 102 cm³/mol. The summed E-state index contributed by atoms with van der Waals surface area (Å²) in [5.74, 6) is -1.51. The summed E-state index contributed by atoms with van der Waals surface area (Å²) in [6.45, 7) is 3.46. The minimum absolute atomic E-state index is 0.374. The number of hydrogen-bond donors (Lipinski definition) is 1. The average molecular weight is 370 g/mol. The van der Waals surface area contributed by atoms with E-state index in [0.717, 1.165) is 27.8 Å². The van der Waals surface area contributed by atoms with Gasteiger partial charge < -0.3 is 10.0 Å². The molecule has 0 bridgehead atoms. The number of rotatable bonds is 5. The molecule has 1 aliphatic rings. The Morgan fingerprint density at radius 1 is 1.04 bits per heavy atom. The van der Waals surface area contributed by atoms with Crippen LogP contribution in [0, 0.1) is 13.8 Å². The second-order valence-electron chi connectivity index (χ2n) is 6.10. The quantitative estimate of drug-likeness (QED) is 0.869. The molecule has 0 aliphatic carbocycles. The third-order valence-corrected chi connectivity index (χ3v) is 5.14. The second-order valence-corrected chi connectivity index (χ2v) is 7.13. The minimum Gasteiger partial charge on any atom is -0.480 e. The zero-order valence-electron chi connectivity index (χ0n) is 14.4. The number of carboxylic acids is 1. The monoisotopic (exact) mass is 370 g/mol. The molecule has 0 spiro atoms. The Labute approximate surface area is 155 Å². The van der Waals surface area contributed by atoms with Gasteiger partial charge in [0.2, 0.25) is 0 Å². The van der Waals surface area contributed by atoms with E-state index in [1.54, 1.807) is 24.3 Å². The number of amides is 2. The summed E-state index contributed by atoms with van der Waals surface area (Å²) < 4.78 is 0. The molecule has 134 valence electrons. The Morgan fingerprint density at radius 3 is 2.12 bits per heavy atom. The molecule has 1 heterocycles. The van der Waals surface area contributed by atoms with Crippen LogP contribution < -0.4 is 9.80 Å². The molecule has 1 fully saturated rings. The summed E-state index contributed by atoms with van der Waals surface area (Å²) in [6.07, 6.45) is 0. The molecule has 1 N–H and O–H groups in total. The summed E-state index contributed by atoms with van der Waals surface area (Å²) >= 11 is 0.830. The maximum atomic E-state index is 12.9. The number of carbonyl (C=O) groups is 3. The SMILES string of the molecule is Cc1ccc(N2C(=O)S[C@H](N(CC(=O)O)c3ccc(C)cc3)C2=O)cc1. The molecular weight excluding hydrogens is 352 g/mol. The van der Waals surface area contributed by atoms with E-state index in [4.69, 9.17) is 0 Å². The summed E-state index contributed by atoms with van der Waals surface area (Å²) in [5, 5.41) is 7.94. The van der Waals surface area contributed by atoms with Gasteiger partial charge in [-0.2, -0.15) is 0 Å². The number of aryl methyl sites for hydroxylation is 2. The highest BCUT2D eigenvalue weighted by molar-refractivity contribution is 8.16. The van der Waals surface area contributed by atoms with Crippen LogP contribution in [0.1, 0.15) is 11.1 Å². The zero-order chi connectivity index (χ0) is 18.8. The number of aliphatic carboxylic acids is 1. The van der Waals surface area contributed by atoms with E-state index in [-0.39, 0.29) is 6.54 Å². The van der Waals surface area contributed by atoms with E-state index in [1.165, 1.54) is 4.90 Å². The Morgan fingerprint density at radius 2 is 1.58 bits per heavy atom. The van der Waals surface area contributed by atoms with Crippen molar-refractivity contribution < 1.29 is 19.5 Å². The van der Waals surface area contributed by atoms with Gasteiger partial charge in [-0.1, -0.05) is 35.4 Å². The maximum Gasteiger partial charge on any atom is 0.323 e. The van der Waals surface area contributed by atoms with Crippen molar-refractivity contribution in [2.45, 2.75) is 19.2 Å². The lowest BCUT2D eigenvalue weighted by molar-refractivity contribution is -0.135. The number of nitrogens with zero attached hydrogens (tertiary/aromatic N) is 2. The van der Waals surface area contributed by atoms with Crippen molar-refractivity contribution in [1.29, 1.82) is 0 Å². The van der Waals surface area contributed by atoms with Gasteiger partial charge in [-0.25, -0.2) is 4.90 Å². The molecule has 0 saturated carbocycles. The smallest absolute Gasteiger partial charge is 0.323 e. The van der Waals surface area contributed by atoms with Crippen LogP contribution in [0.5, 0.6) is 0 Å². The number of imide groups is 1. The molecule has 1 saturated heterocycles. The van der Waals surface area contributed by atoms with Gasteiger partial charge in [-0.15, -0.1) is 0 Å². The molecule has 0 unspecified atom stereocenters. The first-order valence-corrected chi connectivity index (χ1v) is 8.91. The van der Waals surface area contributed by atoms with Crippen molar-refractivity contribution in [1.82, 2.24) is 0 Å². The van der Waals surface area contributed by atoms with Crippen molar-refractivity contribution in [3.8, 4) is 0 Å². The van der Waals surface area contributed by atoms with E-state index in [9.17, 15) is 19.5 Å². The molecule has 1 atom stereocenters. The average Bonchev–Trinajstić information content (AvgIpc) is 2.89. The number of thioether (sulfide) groups is 1. The fraction of sp³-hybridized carbons (Fsp3) is 0.211. The summed E-state index contributed by atoms with van der Waals surface area (Å²) in [4.78, 5) is 39.2. The fourth-order valence-electron chi connectivity index (χ4n) is 2.71. The first-order valence-electron chi connectivity index (χ1n) is 8.03. The summed E-state index contributed by atoms with van der Waals surface area (Å²) in [6, 6.07) is 14.3. The largest absolute Gasteiger partial charge is 0.480 e. The summed E-state index contributed by atoms with van der Waals surface area (Å²) in [5.41, 5.74) is 3.11. The van der Waals surface area contributed by atoms with Crippen LogP contribution in [0.3, 0.4) is 0 Å². The minimum atomic E-state index is -1.07. The second kappa shape index (κ2) is 7.21. The molecule has 0 aromatic heterocycles. The van der Waals surface area contributed by atoms with Crippen LogP contribution >= 0.6 is 11.8 Å². The van der Waals surface area contributed by atoms with Crippen molar-refractivity contribution in [3.63, 3.8) is 0 Å². The zero-order valence-corrected chi connectivity index (χ0v) is 15.2. The lowest BCUT2D eigenvalue weighted by Gasteiger charge is -2.27. The third kappa shape index (κ3) is 3.57.